The number of hydrogen-bond donors (Lipinski definition) is 2. The van der Waals surface area contributed by atoms with Gasteiger partial charge in [0.25, 0.3) is 0 Å². The first-order valence-corrected chi connectivity index (χ1v) is 6.15. The average Bonchev–Trinajstić information content (AvgIpc) is 2.34. The number of anilines is 2. The first kappa shape index (κ1) is 12.9. The van der Waals surface area contributed by atoms with Gasteiger partial charge in [-0.2, -0.15) is 0 Å². The number of nitrogens with zero attached hydrogens (tertiary/aromatic N) is 1. The molecule has 0 aliphatic heterocycles. The Balaban J connectivity index is 2.34. The third-order valence-corrected chi connectivity index (χ3v) is 2.92. The minimum atomic E-state index is -1.04. The maximum absolute atomic E-state index is 11.1. The molecule has 0 saturated heterocycles. The van der Waals surface area contributed by atoms with Gasteiger partial charge in [0.05, 0.1) is 23.1 Å². The maximum Gasteiger partial charge on any atom is 0.337 e. The summed E-state index contributed by atoms with van der Waals surface area (Å²) in [6.07, 6.45) is 1.60. The van der Waals surface area contributed by atoms with E-state index in [1.54, 1.807) is 30.5 Å². The van der Waals surface area contributed by atoms with Crippen LogP contribution in [-0.4, -0.2) is 16.1 Å². The molecule has 1 heterocycles. The summed E-state index contributed by atoms with van der Waals surface area (Å²) < 4.78 is 0.711. The minimum Gasteiger partial charge on any atom is -0.478 e. The zero-order chi connectivity index (χ0) is 13.1. The third kappa shape index (κ3) is 3.00. The van der Waals surface area contributed by atoms with Gasteiger partial charge >= 0.3 is 5.97 Å². The number of aromatic nitrogens is 1. The lowest BCUT2D eigenvalue weighted by molar-refractivity contribution is 0.0698. The fourth-order valence-corrected chi connectivity index (χ4v) is 1.81. The molecule has 92 valence electrons. The highest BCUT2D eigenvalue weighted by molar-refractivity contribution is 9.10. The van der Waals surface area contributed by atoms with Crippen LogP contribution in [0.5, 0.6) is 0 Å². The van der Waals surface area contributed by atoms with Gasteiger partial charge in [-0.05, 0) is 46.3 Å². The summed E-state index contributed by atoms with van der Waals surface area (Å²) in [6, 6.07) is 8.20. The van der Waals surface area contributed by atoms with E-state index in [1.807, 2.05) is 0 Å². The largest absolute Gasteiger partial charge is 0.478 e. The molecule has 0 radical (unpaired) electrons. The Hall–Kier alpha value is -1.59. The van der Waals surface area contributed by atoms with Crippen molar-refractivity contribution in [1.29, 1.82) is 0 Å². The third-order valence-electron chi connectivity index (χ3n) is 2.22. The molecule has 1 aromatic heterocycles. The molecule has 1 aromatic carbocycles. The van der Waals surface area contributed by atoms with Crippen LogP contribution in [-0.2, 0) is 0 Å². The lowest BCUT2D eigenvalue weighted by Gasteiger charge is -2.09. The van der Waals surface area contributed by atoms with E-state index >= 15 is 0 Å². The normalized spacial score (nSPS) is 10.1. The van der Waals surface area contributed by atoms with Gasteiger partial charge in [-0.1, -0.05) is 11.6 Å². The summed E-state index contributed by atoms with van der Waals surface area (Å²) in [5.74, 6) is -1.04. The lowest BCUT2D eigenvalue weighted by atomic mass is 10.1. The number of hydrogen-bond acceptors (Lipinski definition) is 3. The summed E-state index contributed by atoms with van der Waals surface area (Å²) in [4.78, 5) is 15.1. The lowest BCUT2D eigenvalue weighted by Crippen LogP contribution is -2.02. The standard InChI is InChI=1S/C12H8BrClN2O2/c13-11-4-2-8(6-15-11)16-10-3-1-7(14)5-9(10)12(17)18/h1-6,16H,(H,17,18). The van der Waals surface area contributed by atoms with Crippen LogP contribution in [0.15, 0.2) is 41.1 Å². The predicted octanol–water partition coefficient (Wildman–Crippen LogP) is 3.94. The van der Waals surface area contributed by atoms with Gasteiger partial charge in [-0.3, -0.25) is 0 Å². The number of carboxylic acid groups (broad SMARTS) is 1. The highest BCUT2D eigenvalue weighted by Gasteiger charge is 2.10. The summed E-state index contributed by atoms with van der Waals surface area (Å²) >= 11 is 9.00. The van der Waals surface area contributed by atoms with Crippen molar-refractivity contribution in [2.24, 2.45) is 0 Å². The molecular weight excluding hydrogens is 320 g/mol. The highest BCUT2D eigenvalue weighted by Crippen LogP contribution is 2.24. The fraction of sp³-hybridized carbons (Fsp3) is 0. The Morgan fingerprint density at radius 2 is 2.11 bits per heavy atom. The Morgan fingerprint density at radius 1 is 1.33 bits per heavy atom. The van der Waals surface area contributed by atoms with Crippen LogP contribution in [0.3, 0.4) is 0 Å². The van der Waals surface area contributed by atoms with Gasteiger partial charge in [0, 0.05) is 5.02 Å². The molecule has 0 aliphatic carbocycles. The second-order valence-electron chi connectivity index (χ2n) is 3.49. The molecular formula is C12H8BrClN2O2. The molecule has 2 N–H and O–H groups in total. The Labute approximate surface area is 117 Å². The van der Waals surface area contributed by atoms with Gasteiger partial charge < -0.3 is 10.4 Å². The summed E-state index contributed by atoms with van der Waals surface area (Å²) in [5, 5.41) is 12.5. The topological polar surface area (TPSA) is 62.2 Å². The van der Waals surface area contributed by atoms with Crippen molar-refractivity contribution in [3.63, 3.8) is 0 Å². The molecule has 0 atom stereocenters. The van der Waals surface area contributed by atoms with E-state index in [9.17, 15) is 4.79 Å². The van der Waals surface area contributed by atoms with Crippen LogP contribution < -0.4 is 5.32 Å². The van der Waals surface area contributed by atoms with Crippen molar-refractivity contribution in [3.8, 4) is 0 Å². The van der Waals surface area contributed by atoms with E-state index in [0.29, 0.717) is 21.0 Å². The predicted molar refractivity (Wildman–Crippen MR) is 73.6 cm³/mol. The zero-order valence-corrected chi connectivity index (χ0v) is 11.4. The molecule has 0 bridgehead atoms. The summed E-state index contributed by atoms with van der Waals surface area (Å²) in [5.41, 5.74) is 1.28. The van der Waals surface area contributed by atoms with Crippen LogP contribution >= 0.6 is 27.5 Å². The van der Waals surface area contributed by atoms with Crippen LogP contribution in [0.25, 0.3) is 0 Å². The quantitative estimate of drug-likeness (QED) is 0.838. The van der Waals surface area contributed by atoms with Crippen molar-refractivity contribution in [3.05, 3.63) is 51.7 Å². The van der Waals surface area contributed by atoms with Crippen molar-refractivity contribution < 1.29 is 9.90 Å². The number of carbonyl (C=O) groups is 1. The van der Waals surface area contributed by atoms with Gasteiger partial charge in [-0.15, -0.1) is 0 Å². The highest BCUT2D eigenvalue weighted by atomic mass is 79.9. The van der Waals surface area contributed by atoms with Crippen LogP contribution in [0.4, 0.5) is 11.4 Å². The van der Waals surface area contributed by atoms with Gasteiger partial charge in [0.15, 0.2) is 0 Å². The van der Waals surface area contributed by atoms with Crippen LogP contribution in [0.2, 0.25) is 5.02 Å². The molecule has 0 spiro atoms. The van der Waals surface area contributed by atoms with Crippen molar-refractivity contribution >= 4 is 44.9 Å². The number of rotatable bonds is 3. The molecule has 2 rings (SSSR count). The second kappa shape index (κ2) is 5.37. The second-order valence-corrected chi connectivity index (χ2v) is 4.74. The van der Waals surface area contributed by atoms with Gasteiger partial charge in [0.1, 0.15) is 4.60 Å². The summed E-state index contributed by atoms with van der Waals surface area (Å²) in [7, 11) is 0. The van der Waals surface area contributed by atoms with E-state index in [1.165, 1.54) is 6.07 Å². The molecule has 0 aliphatic rings. The van der Waals surface area contributed by atoms with Crippen LogP contribution in [0.1, 0.15) is 10.4 Å². The van der Waals surface area contributed by atoms with Crippen LogP contribution in [0, 0.1) is 0 Å². The van der Waals surface area contributed by atoms with E-state index in [2.05, 4.69) is 26.2 Å². The minimum absolute atomic E-state index is 0.116. The first-order valence-electron chi connectivity index (χ1n) is 4.97. The number of nitrogens with one attached hydrogen (secondary N) is 1. The van der Waals surface area contributed by atoms with Gasteiger partial charge in [0.2, 0.25) is 0 Å². The Kier molecular flexibility index (Phi) is 3.84. The number of halogens is 2. The number of benzene rings is 1. The molecule has 6 heteroatoms. The van der Waals surface area contributed by atoms with E-state index in [-0.39, 0.29) is 5.56 Å². The summed E-state index contributed by atoms with van der Waals surface area (Å²) in [6.45, 7) is 0. The zero-order valence-electron chi connectivity index (χ0n) is 9.02. The molecule has 0 unspecified atom stereocenters. The fourth-order valence-electron chi connectivity index (χ4n) is 1.41. The number of aromatic carboxylic acids is 1. The molecule has 2 aromatic rings. The monoisotopic (exact) mass is 326 g/mol. The first-order chi connectivity index (χ1) is 8.56. The SMILES string of the molecule is O=C(O)c1cc(Cl)ccc1Nc1ccc(Br)nc1. The van der Waals surface area contributed by atoms with E-state index in [0.717, 1.165) is 0 Å². The molecule has 18 heavy (non-hydrogen) atoms. The average molecular weight is 328 g/mol. The van der Waals surface area contributed by atoms with Crippen molar-refractivity contribution in [2.75, 3.05) is 5.32 Å². The number of carboxylic acids is 1. The van der Waals surface area contributed by atoms with E-state index in [4.69, 9.17) is 16.7 Å². The van der Waals surface area contributed by atoms with Crippen molar-refractivity contribution in [2.45, 2.75) is 0 Å². The van der Waals surface area contributed by atoms with Crippen molar-refractivity contribution in [1.82, 2.24) is 4.98 Å². The molecule has 4 nitrogen and oxygen atoms in total. The molecule has 0 amide bonds. The molecule has 0 fully saturated rings. The maximum atomic E-state index is 11.1. The Morgan fingerprint density at radius 3 is 2.72 bits per heavy atom. The van der Waals surface area contributed by atoms with Gasteiger partial charge in [-0.25, -0.2) is 9.78 Å². The molecule has 0 saturated carbocycles. The number of pyridine rings is 1. The van der Waals surface area contributed by atoms with E-state index < -0.39 is 5.97 Å². The Bertz CT molecular complexity index is 587. The smallest absolute Gasteiger partial charge is 0.337 e.